The first kappa shape index (κ1) is 15.8. The molecule has 0 saturated carbocycles. The van der Waals surface area contributed by atoms with Gasteiger partial charge in [0.05, 0.1) is 12.8 Å². The Bertz CT molecular complexity index is 793. The molecule has 3 nitrogen and oxygen atoms in total. The molecule has 0 bridgehead atoms. The van der Waals surface area contributed by atoms with Crippen molar-refractivity contribution in [2.24, 2.45) is 0 Å². The van der Waals surface area contributed by atoms with E-state index >= 15 is 0 Å². The van der Waals surface area contributed by atoms with Gasteiger partial charge in [-0.25, -0.2) is 0 Å². The van der Waals surface area contributed by atoms with Crippen LogP contribution in [0, 0.1) is 0 Å². The average Bonchev–Trinajstić information content (AvgIpc) is 2.60. The fraction of sp³-hybridized carbons (Fsp3) is 0.111. The van der Waals surface area contributed by atoms with Gasteiger partial charge in [0, 0.05) is 16.3 Å². The van der Waals surface area contributed by atoms with E-state index in [2.05, 4.69) is 16.3 Å². The van der Waals surface area contributed by atoms with Gasteiger partial charge >= 0.3 is 0 Å². The number of methoxy groups -OCH3 is 1. The van der Waals surface area contributed by atoms with Gasteiger partial charge < -0.3 is 4.74 Å². The molecule has 116 valence electrons. The van der Waals surface area contributed by atoms with Crippen molar-refractivity contribution in [1.29, 1.82) is 0 Å². The number of halogens is 1. The van der Waals surface area contributed by atoms with Gasteiger partial charge in [0.1, 0.15) is 10.8 Å². The van der Waals surface area contributed by atoms with Crippen LogP contribution in [-0.2, 0) is 5.75 Å². The zero-order valence-electron chi connectivity index (χ0n) is 12.6. The predicted octanol–water partition coefficient (Wildman–Crippen LogP) is 5.10. The fourth-order valence-corrected chi connectivity index (χ4v) is 3.09. The van der Waals surface area contributed by atoms with Crippen LogP contribution in [-0.4, -0.2) is 17.3 Å². The highest BCUT2D eigenvalue weighted by Crippen LogP contribution is 2.25. The van der Waals surface area contributed by atoms with E-state index in [-0.39, 0.29) is 0 Å². The summed E-state index contributed by atoms with van der Waals surface area (Å²) in [6.45, 7) is 0. The number of hydrogen-bond acceptors (Lipinski definition) is 4. The first-order chi connectivity index (χ1) is 11.2. The Morgan fingerprint density at radius 1 is 1.00 bits per heavy atom. The molecule has 0 aliphatic heterocycles. The van der Waals surface area contributed by atoms with Gasteiger partial charge in [-0.15, -0.1) is 10.2 Å². The van der Waals surface area contributed by atoms with Crippen LogP contribution in [0.4, 0.5) is 0 Å². The summed E-state index contributed by atoms with van der Waals surface area (Å²) in [7, 11) is 1.65. The minimum atomic E-state index is 0.752. The smallest absolute Gasteiger partial charge is 0.119 e. The number of ether oxygens (including phenoxy) is 1. The van der Waals surface area contributed by atoms with E-state index < -0.39 is 0 Å². The molecule has 0 fully saturated rings. The summed E-state index contributed by atoms with van der Waals surface area (Å²) in [5, 5.41) is 10.2. The first-order valence-electron chi connectivity index (χ1n) is 7.10. The van der Waals surface area contributed by atoms with Crippen LogP contribution in [0.2, 0.25) is 5.02 Å². The predicted molar refractivity (Wildman–Crippen MR) is 95.0 cm³/mol. The van der Waals surface area contributed by atoms with E-state index in [1.807, 2.05) is 54.6 Å². The topological polar surface area (TPSA) is 35.0 Å². The second kappa shape index (κ2) is 7.49. The molecule has 0 saturated heterocycles. The summed E-state index contributed by atoms with van der Waals surface area (Å²) in [6.07, 6.45) is 0. The molecule has 23 heavy (non-hydrogen) atoms. The quantitative estimate of drug-likeness (QED) is 0.604. The van der Waals surface area contributed by atoms with Crippen LogP contribution in [0.25, 0.3) is 11.3 Å². The zero-order chi connectivity index (χ0) is 16.1. The number of rotatable bonds is 5. The number of aromatic nitrogens is 2. The maximum Gasteiger partial charge on any atom is 0.119 e. The molecule has 0 aliphatic carbocycles. The molecule has 0 unspecified atom stereocenters. The Kier molecular flexibility index (Phi) is 5.16. The minimum absolute atomic E-state index is 0.752. The molecule has 2 aromatic carbocycles. The van der Waals surface area contributed by atoms with Gasteiger partial charge in [0.25, 0.3) is 0 Å². The third kappa shape index (κ3) is 4.24. The summed E-state index contributed by atoms with van der Waals surface area (Å²) >= 11 is 7.63. The first-order valence-corrected chi connectivity index (χ1v) is 8.46. The van der Waals surface area contributed by atoms with Crippen molar-refractivity contribution in [2.45, 2.75) is 10.8 Å². The molecule has 0 spiro atoms. The van der Waals surface area contributed by atoms with Gasteiger partial charge in [-0.3, -0.25) is 0 Å². The summed E-state index contributed by atoms with van der Waals surface area (Å²) in [4.78, 5) is 0. The van der Waals surface area contributed by atoms with Crippen molar-refractivity contribution in [3.63, 3.8) is 0 Å². The number of nitrogens with zero attached hydrogens (tertiary/aromatic N) is 2. The molecular formula is C18H15ClN2OS. The van der Waals surface area contributed by atoms with Crippen LogP contribution in [0.3, 0.4) is 0 Å². The normalized spacial score (nSPS) is 10.5. The van der Waals surface area contributed by atoms with E-state index in [9.17, 15) is 0 Å². The molecular weight excluding hydrogens is 328 g/mol. The van der Waals surface area contributed by atoms with Gasteiger partial charge in [0.15, 0.2) is 0 Å². The molecule has 0 radical (unpaired) electrons. The van der Waals surface area contributed by atoms with Crippen LogP contribution >= 0.6 is 23.4 Å². The number of thioether (sulfide) groups is 1. The van der Waals surface area contributed by atoms with E-state index in [1.165, 1.54) is 5.56 Å². The second-order valence-electron chi connectivity index (χ2n) is 4.91. The van der Waals surface area contributed by atoms with Gasteiger partial charge in [-0.1, -0.05) is 47.6 Å². The molecule has 0 amide bonds. The largest absolute Gasteiger partial charge is 0.497 e. The highest BCUT2D eigenvalue weighted by atomic mass is 35.5. The van der Waals surface area contributed by atoms with Crippen molar-refractivity contribution < 1.29 is 4.74 Å². The highest BCUT2D eigenvalue weighted by molar-refractivity contribution is 7.98. The van der Waals surface area contributed by atoms with Gasteiger partial charge in [-0.2, -0.15) is 0 Å². The van der Waals surface area contributed by atoms with Crippen molar-refractivity contribution in [3.8, 4) is 17.0 Å². The molecule has 0 aliphatic rings. The number of benzene rings is 2. The summed E-state index contributed by atoms with van der Waals surface area (Å²) in [6, 6.07) is 19.6. The van der Waals surface area contributed by atoms with Crippen LogP contribution < -0.4 is 4.74 Å². The van der Waals surface area contributed by atoms with E-state index in [1.54, 1.807) is 18.9 Å². The fourth-order valence-electron chi connectivity index (χ4n) is 2.12. The second-order valence-corrected chi connectivity index (χ2v) is 6.34. The molecule has 0 N–H and O–H groups in total. The lowest BCUT2D eigenvalue weighted by Crippen LogP contribution is -1.91. The summed E-state index contributed by atoms with van der Waals surface area (Å²) in [5.74, 6) is 1.62. The lowest BCUT2D eigenvalue weighted by atomic mass is 10.1. The van der Waals surface area contributed by atoms with E-state index in [4.69, 9.17) is 16.3 Å². The third-order valence-electron chi connectivity index (χ3n) is 3.28. The van der Waals surface area contributed by atoms with Crippen LogP contribution in [0.5, 0.6) is 5.75 Å². The van der Waals surface area contributed by atoms with E-state index in [0.29, 0.717) is 0 Å². The third-order valence-corrected chi connectivity index (χ3v) is 4.51. The Morgan fingerprint density at radius 3 is 2.61 bits per heavy atom. The Balaban J connectivity index is 1.69. The standard InChI is InChI=1S/C18H15ClN2OS/c1-22-16-7-3-5-14(11-16)17-8-9-18(21-20-17)23-12-13-4-2-6-15(19)10-13/h2-11H,12H2,1H3. The van der Waals surface area contributed by atoms with Crippen molar-refractivity contribution >= 4 is 23.4 Å². The van der Waals surface area contributed by atoms with Crippen LogP contribution in [0.1, 0.15) is 5.56 Å². The lowest BCUT2D eigenvalue weighted by molar-refractivity contribution is 0.415. The maximum absolute atomic E-state index is 5.99. The monoisotopic (exact) mass is 342 g/mol. The number of hydrogen-bond donors (Lipinski definition) is 0. The molecule has 3 aromatic rings. The lowest BCUT2D eigenvalue weighted by Gasteiger charge is -2.05. The zero-order valence-corrected chi connectivity index (χ0v) is 14.1. The Labute approximate surface area is 144 Å². The van der Waals surface area contributed by atoms with Crippen LogP contribution in [0.15, 0.2) is 65.7 Å². The average molecular weight is 343 g/mol. The summed E-state index contributed by atoms with van der Waals surface area (Å²) < 4.78 is 5.23. The highest BCUT2D eigenvalue weighted by Gasteiger charge is 2.04. The SMILES string of the molecule is COc1cccc(-c2ccc(SCc3cccc(Cl)c3)nn2)c1. The molecule has 1 heterocycles. The van der Waals surface area contributed by atoms with Crippen molar-refractivity contribution in [1.82, 2.24) is 10.2 Å². The molecule has 1 aromatic heterocycles. The summed E-state index contributed by atoms with van der Waals surface area (Å²) in [5.41, 5.74) is 2.99. The molecule has 3 rings (SSSR count). The molecule has 5 heteroatoms. The van der Waals surface area contributed by atoms with E-state index in [0.717, 1.165) is 32.8 Å². The Morgan fingerprint density at radius 2 is 1.87 bits per heavy atom. The minimum Gasteiger partial charge on any atom is -0.497 e. The Hall–Kier alpha value is -2.04. The molecule has 0 atom stereocenters. The van der Waals surface area contributed by atoms with Gasteiger partial charge in [0.2, 0.25) is 0 Å². The van der Waals surface area contributed by atoms with Gasteiger partial charge in [-0.05, 0) is 42.0 Å². The van der Waals surface area contributed by atoms with Crippen molar-refractivity contribution in [2.75, 3.05) is 7.11 Å². The van der Waals surface area contributed by atoms with Crippen molar-refractivity contribution in [3.05, 3.63) is 71.2 Å². The maximum atomic E-state index is 5.99.